The summed E-state index contributed by atoms with van der Waals surface area (Å²) in [5, 5.41) is 44.2. The van der Waals surface area contributed by atoms with Crippen molar-refractivity contribution in [3.05, 3.63) is 48.6 Å². The van der Waals surface area contributed by atoms with Gasteiger partial charge in [-0.15, -0.1) is 0 Å². The second kappa shape index (κ2) is 69.0. The van der Waals surface area contributed by atoms with E-state index in [-0.39, 0.29) is 0 Å². The van der Waals surface area contributed by atoms with Crippen molar-refractivity contribution >= 4 is 5.91 Å². The molecule has 0 fully saturated rings. The van der Waals surface area contributed by atoms with Crippen LogP contribution in [0.15, 0.2) is 48.6 Å². The number of hydrogen-bond donors (Lipinski definition) is 5. The van der Waals surface area contributed by atoms with Gasteiger partial charge < -0.3 is 25.7 Å². The van der Waals surface area contributed by atoms with Crippen molar-refractivity contribution in [3.63, 3.8) is 0 Å². The van der Waals surface area contributed by atoms with Gasteiger partial charge in [-0.3, -0.25) is 4.79 Å². The molecule has 1 amide bonds. The summed E-state index contributed by atoms with van der Waals surface area (Å²) in [5.41, 5.74) is 0. The fourth-order valence-electron chi connectivity index (χ4n) is 11.6. The van der Waals surface area contributed by atoms with Crippen molar-refractivity contribution in [2.24, 2.45) is 0 Å². The molecule has 0 aliphatic rings. The minimum Gasteiger partial charge on any atom is -0.394 e. The molecule has 0 radical (unpaired) electrons. The van der Waals surface area contributed by atoms with Gasteiger partial charge in [-0.2, -0.15) is 0 Å². The smallest absolute Gasteiger partial charge is 0.249 e. The first kappa shape index (κ1) is 79.3. The van der Waals surface area contributed by atoms with Gasteiger partial charge in [0, 0.05) is 0 Å². The van der Waals surface area contributed by atoms with Crippen molar-refractivity contribution in [2.45, 2.75) is 417 Å². The molecule has 5 N–H and O–H groups in total. The van der Waals surface area contributed by atoms with E-state index in [1.165, 1.54) is 315 Å². The maximum Gasteiger partial charge on any atom is 0.249 e. The van der Waals surface area contributed by atoms with Crippen molar-refractivity contribution < 1.29 is 25.2 Å². The lowest BCUT2D eigenvalue weighted by Crippen LogP contribution is -2.53. The molecule has 4 atom stereocenters. The molecular formula is C75H143NO5. The molecule has 0 rings (SSSR count). The number of nitrogens with one attached hydrogen (secondary N) is 1. The summed E-state index contributed by atoms with van der Waals surface area (Å²) in [6.45, 7) is 4.09. The number of aliphatic hydroxyl groups is 4. The highest BCUT2D eigenvalue weighted by Gasteiger charge is 2.28. The zero-order valence-corrected chi connectivity index (χ0v) is 54.6. The topological polar surface area (TPSA) is 110 Å². The Morgan fingerprint density at radius 1 is 0.309 bits per heavy atom. The number of aliphatic hydroxyl groups excluding tert-OH is 4. The maximum absolute atomic E-state index is 12.7. The van der Waals surface area contributed by atoms with E-state index in [2.05, 4.69) is 67.8 Å². The largest absolute Gasteiger partial charge is 0.394 e. The van der Waals surface area contributed by atoms with Gasteiger partial charge >= 0.3 is 0 Å². The van der Waals surface area contributed by atoms with Crippen LogP contribution in [0.2, 0.25) is 0 Å². The lowest BCUT2D eigenvalue weighted by molar-refractivity contribution is -0.132. The van der Waals surface area contributed by atoms with Crippen LogP contribution < -0.4 is 5.32 Å². The second-order valence-electron chi connectivity index (χ2n) is 25.3. The number of carbonyl (C=O) groups excluding carboxylic acids is 1. The minimum absolute atomic E-state index is 0.361. The van der Waals surface area contributed by atoms with Gasteiger partial charge in [0.1, 0.15) is 12.2 Å². The Balaban J connectivity index is 3.59. The Kier molecular flexibility index (Phi) is 67.6. The first-order valence-corrected chi connectivity index (χ1v) is 36.5. The fraction of sp³-hybridized carbons (Fsp3) is 0.880. The van der Waals surface area contributed by atoms with E-state index < -0.39 is 36.9 Å². The SMILES string of the molecule is CCCCCCCCCCCCC/C=C\C/C=C\CCCCCCCCCCCCCCCCCCC(O)C(=O)NC(CO)C(O)C(O)CCC/C=C/CC/C=C/CCCCCCCCCCCCCCCCCCCCCCCC. The molecule has 0 aromatic rings. The van der Waals surface area contributed by atoms with E-state index in [4.69, 9.17) is 0 Å². The zero-order valence-electron chi connectivity index (χ0n) is 54.6. The van der Waals surface area contributed by atoms with Crippen LogP contribution in [-0.2, 0) is 4.79 Å². The van der Waals surface area contributed by atoms with Crippen LogP contribution in [-0.4, -0.2) is 57.3 Å². The molecule has 478 valence electrons. The van der Waals surface area contributed by atoms with Gasteiger partial charge in [0.05, 0.1) is 18.8 Å². The van der Waals surface area contributed by atoms with Crippen LogP contribution in [0.5, 0.6) is 0 Å². The van der Waals surface area contributed by atoms with Crippen LogP contribution in [0.4, 0.5) is 0 Å². The molecule has 0 bridgehead atoms. The molecule has 0 saturated carbocycles. The van der Waals surface area contributed by atoms with Gasteiger partial charge in [-0.25, -0.2) is 0 Å². The quantitative estimate of drug-likeness (QED) is 0.0308. The van der Waals surface area contributed by atoms with E-state index in [0.29, 0.717) is 19.3 Å². The second-order valence-corrected chi connectivity index (χ2v) is 25.3. The Hall–Kier alpha value is -1.73. The molecule has 0 heterocycles. The number of amides is 1. The first-order valence-electron chi connectivity index (χ1n) is 36.5. The van der Waals surface area contributed by atoms with Crippen LogP contribution in [0.3, 0.4) is 0 Å². The molecule has 0 aliphatic carbocycles. The zero-order chi connectivity index (χ0) is 58.7. The highest BCUT2D eigenvalue weighted by atomic mass is 16.3. The molecule has 6 heteroatoms. The summed E-state index contributed by atoms with van der Waals surface area (Å²) in [5.74, 6) is -0.592. The van der Waals surface area contributed by atoms with E-state index in [9.17, 15) is 25.2 Å². The number of rotatable bonds is 68. The van der Waals surface area contributed by atoms with Gasteiger partial charge in [0.2, 0.25) is 5.91 Å². The molecule has 81 heavy (non-hydrogen) atoms. The van der Waals surface area contributed by atoms with Gasteiger partial charge in [0.15, 0.2) is 0 Å². The molecule has 0 aliphatic heterocycles. The number of carbonyl (C=O) groups is 1. The fourth-order valence-corrected chi connectivity index (χ4v) is 11.6. The molecular weight excluding hydrogens is 995 g/mol. The Labute approximate surface area is 506 Å². The normalized spacial score (nSPS) is 13.7. The lowest BCUT2D eigenvalue weighted by Gasteiger charge is -2.27. The van der Waals surface area contributed by atoms with Crippen LogP contribution in [0.25, 0.3) is 0 Å². The summed E-state index contributed by atoms with van der Waals surface area (Å²) in [4.78, 5) is 12.7. The molecule has 0 spiro atoms. The average Bonchev–Trinajstić information content (AvgIpc) is 3.47. The van der Waals surface area contributed by atoms with E-state index in [0.717, 1.165) is 44.9 Å². The lowest BCUT2D eigenvalue weighted by atomic mass is 10.00. The molecule has 0 aromatic heterocycles. The summed E-state index contributed by atoms with van der Waals surface area (Å²) < 4.78 is 0. The Bertz CT molecular complexity index is 1330. The van der Waals surface area contributed by atoms with Crippen molar-refractivity contribution in [1.29, 1.82) is 0 Å². The van der Waals surface area contributed by atoms with Crippen molar-refractivity contribution in [3.8, 4) is 0 Å². The Morgan fingerprint density at radius 2 is 0.556 bits per heavy atom. The van der Waals surface area contributed by atoms with Gasteiger partial charge in [0.25, 0.3) is 0 Å². The number of unbranched alkanes of at least 4 members (excludes halogenated alkanes) is 51. The maximum atomic E-state index is 12.7. The van der Waals surface area contributed by atoms with Crippen LogP contribution in [0, 0.1) is 0 Å². The molecule has 0 aromatic carbocycles. The summed E-state index contributed by atoms with van der Waals surface area (Å²) >= 11 is 0. The summed E-state index contributed by atoms with van der Waals surface area (Å²) in [6.07, 6.45) is 91.1. The highest BCUT2D eigenvalue weighted by molar-refractivity contribution is 5.80. The summed E-state index contributed by atoms with van der Waals surface area (Å²) in [6, 6.07) is -1.01. The molecule has 6 nitrogen and oxygen atoms in total. The van der Waals surface area contributed by atoms with E-state index in [1.54, 1.807) is 0 Å². The third-order valence-electron chi connectivity index (χ3n) is 17.2. The number of hydrogen-bond acceptors (Lipinski definition) is 5. The van der Waals surface area contributed by atoms with E-state index >= 15 is 0 Å². The predicted molar refractivity (Wildman–Crippen MR) is 357 cm³/mol. The Morgan fingerprint density at radius 3 is 0.852 bits per heavy atom. The van der Waals surface area contributed by atoms with Crippen LogP contribution in [0.1, 0.15) is 393 Å². The van der Waals surface area contributed by atoms with Crippen LogP contribution >= 0.6 is 0 Å². The third kappa shape index (κ3) is 62.6. The minimum atomic E-state index is -1.29. The summed E-state index contributed by atoms with van der Waals surface area (Å²) in [7, 11) is 0. The average molecular weight is 1140 g/mol. The van der Waals surface area contributed by atoms with E-state index in [1.807, 2.05) is 0 Å². The van der Waals surface area contributed by atoms with Gasteiger partial charge in [-0.05, 0) is 83.5 Å². The predicted octanol–water partition coefficient (Wildman–Crippen LogP) is 22.8. The number of allylic oxidation sites excluding steroid dienone is 8. The van der Waals surface area contributed by atoms with Crippen molar-refractivity contribution in [1.82, 2.24) is 5.32 Å². The standard InChI is InChI=1S/C75H143NO5/c1-3-5-7-9-11-13-15-17-19-21-23-25-27-29-31-33-35-36-37-39-41-43-45-47-49-51-53-55-57-59-61-63-65-67-69-73(79)75(81)76-71(70-77)74(80)72(78)68-66-64-62-60-58-56-54-52-50-48-46-44-42-40-38-34-32-30-28-26-24-22-20-18-16-14-12-10-8-6-4-2/h27,29,33,35,52,54,60,62,71-74,77-80H,3-26,28,30-32,34,36-51,53,55-59,61,63-70H2,1-2H3,(H,76,81)/b29-27-,35-33-,54-52+,62-60+. The molecule has 4 unspecified atom stereocenters. The first-order chi connectivity index (χ1) is 40.0. The van der Waals surface area contributed by atoms with Gasteiger partial charge in [-0.1, -0.05) is 358 Å². The monoisotopic (exact) mass is 1140 g/mol. The highest BCUT2D eigenvalue weighted by Crippen LogP contribution is 2.19. The van der Waals surface area contributed by atoms with Crippen molar-refractivity contribution in [2.75, 3.05) is 6.61 Å². The molecule has 0 saturated heterocycles. The third-order valence-corrected chi connectivity index (χ3v) is 17.2.